The van der Waals surface area contributed by atoms with E-state index in [2.05, 4.69) is 10.4 Å². The van der Waals surface area contributed by atoms with Gasteiger partial charge in [0.1, 0.15) is 0 Å². The second kappa shape index (κ2) is 6.42. The van der Waals surface area contributed by atoms with Crippen LogP contribution in [-0.4, -0.2) is 34.4 Å². The van der Waals surface area contributed by atoms with Gasteiger partial charge in [-0.15, -0.1) is 5.10 Å². The van der Waals surface area contributed by atoms with E-state index in [1.807, 2.05) is 39.0 Å². The molecular weight excluding hydrogens is 352 g/mol. The number of para-hydroxylation sites is 1. The first-order chi connectivity index (χ1) is 12.2. The molecule has 26 heavy (non-hydrogen) atoms. The fraction of sp³-hybridized carbons (Fsp3) is 0.444. The van der Waals surface area contributed by atoms with Gasteiger partial charge in [-0.3, -0.25) is 14.4 Å². The number of nitrogens with one attached hydrogen (secondary N) is 1. The fourth-order valence-electron chi connectivity index (χ4n) is 3.39. The van der Waals surface area contributed by atoms with E-state index in [9.17, 15) is 14.4 Å². The number of hydrazone groups is 1. The van der Waals surface area contributed by atoms with Crippen molar-refractivity contribution < 1.29 is 14.4 Å². The number of anilines is 1. The summed E-state index contributed by atoms with van der Waals surface area (Å²) in [7, 11) is 0. The summed E-state index contributed by atoms with van der Waals surface area (Å²) >= 11 is 1.11. The molecule has 0 aromatic heterocycles. The zero-order valence-electron chi connectivity index (χ0n) is 15.5. The molecule has 3 rings (SSSR count). The summed E-state index contributed by atoms with van der Waals surface area (Å²) in [6.45, 7) is 9.31. The molecule has 0 unspecified atom stereocenters. The molecule has 0 saturated carbocycles. The number of hydrogen-bond donors (Lipinski definition) is 1. The lowest BCUT2D eigenvalue weighted by atomic mass is 10.0. The highest BCUT2D eigenvalue weighted by Gasteiger charge is 2.61. The van der Waals surface area contributed by atoms with E-state index in [4.69, 9.17) is 0 Å². The second-order valence-corrected chi connectivity index (χ2v) is 8.13. The topological polar surface area (TPSA) is 82.1 Å². The van der Waals surface area contributed by atoms with Crippen molar-refractivity contribution in [2.75, 3.05) is 11.4 Å². The first-order valence-electron chi connectivity index (χ1n) is 8.46. The molecule has 2 aliphatic heterocycles. The molecular formula is C18H22N4O3S. The highest BCUT2D eigenvalue weighted by atomic mass is 32.2. The number of nitrogens with zero attached hydrogens (tertiary/aromatic N) is 3. The maximum absolute atomic E-state index is 13.5. The fourth-order valence-corrected chi connectivity index (χ4v) is 4.72. The van der Waals surface area contributed by atoms with Gasteiger partial charge < -0.3 is 10.2 Å². The predicted molar refractivity (Wildman–Crippen MR) is 101 cm³/mol. The molecule has 2 heterocycles. The molecule has 0 bridgehead atoms. The number of amides is 3. The van der Waals surface area contributed by atoms with Crippen LogP contribution in [0.1, 0.15) is 38.8 Å². The average Bonchev–Trinajstić information content (AvgIpc) is 3.00. The van der Waals surface area contributed by atoms with Gasteiger partial charge in [0.05, 0.1) is 5.69 Å². The van der Waals surface area contributed by atoms with Crippen LogP contribution in [0.2, 0.25) is 0 Å². The van der Waals surface area contributed by atoms with Crippen LogP contribution < -0.4 is 10.2 Å². The molecule has 0 aliphatic carbocycles. The average molecular weight is 374 g/mol. The molecule has 0 saturated heterocycles. The lowest BCUT2D eigenvalue weighted by molar-refractivity contribution is -0.139. The highest BCUT2D eigenvalue weighted by molar-refractivity contribution is 8.15. The van der Waals surface area contributed by atoms with E-state index >= 15 is 0 Å². The minimum absolute atomic E-state index is 0.209. The number of carbonyl (C=O) groups is 3. The highest BCUT2D eigenvalue weighted by Crippen LogP contribution is 2.55. The van der Waals surface area contributed by atoms with Gasteiger partial charge in [0.2, 0.25) is 16.7 Å². The van der Waals surface area contributed by atoms with Crippen molar-refractivity contribution in [3.63, 3.8) is 0 Å². The summed E-state index contributed by atoms with van der Waals surface area (Å²) in [5.74, 6) is -0.606. The third-order valence-electron chi connectivity index (χ3n) is 4.27. The number of hydrogen-bond acceptors (Lipinski definition) is 5. The third kappa shape index (κ3) is 2.68. The number of amidine groups is 1. The summed E-state index contributed by atoms with van der Waals surface area (Å²) in [4.78, 5) is 37.8. The van der Waals surface area contributed by atoms with Crippen LogP contribution in [-0.2, 0) is 19.3 Å². The van der Waals surface area contributed by atoms with Crippen molar-refractivity contribution in [2.45, 2.75) is 39.5 Å². The summed E-state index contributed by atoms with van der Waals surface area (Å²) in [6, 6.07) is 5.68. The SMILES string of the molecule is CC(=O)NC1=NN(C(C)=O)[C@]2(S1)C(=O)N(CC(C)C)c1c(C)cccc12. The van der Waals surface area contributed by atoms with E-state index in [-0.39, 0.29) is 28.8 Å². The molecule has 1 aromatic rings. The maximum Gasteiger partial charge on any atom is 0.270 e. The Morgan fingerprint density at radius 1 is 1.31 bits per heavy atom. The van der Waals surface area contributed by atoms with E-state index < -0.39 is 4.87 Å². The minimum atomic E-state index is -1.31. The number of carbonyl (C=O) groups excluding carboxylic acids is 3. The maximum atomic E-state index is 13.5. The number of rotatable bonds is 2. The summed E-state index contributed by atoms with van der Waals surface area (Å²) in [6.07, 6.45) is 0. The zero-order valence-corrected chi connectivity index (χ0v) is 16.3. The number of fused-ring (bicyclic) bond motifs is 2. The van der Waals surface area contributed by atoms with E-state index in [0.717, 1.165) is 28.6 Å². The van der Waals surface area contributed by atoms with E-state index in [1.165, 1.54) is 18.9 Å². The third-order valence-corrected chi connectivity index (χ3v) is 5.51. The van der Waals surface area contributed by atoms with Crippen LogP contribution in [0, 0.1) is 12.8 Å². The summed E-state index contributed by atoms with van der Waals surface area (Å²) in [5.41, 5.74) is 2.52. The van der Waals surface area contributed by atoms with Gasteiger partial charge in [-0.25, -0.2) is 0 Å². The Balaban J connectivity index is 2.18. The van der Waals surface area contributed by atoms with Gasteiger partial charge in [-0.1, -0.05) is 32.0 Å². The van der Waals surface area contributed by atoms with E-state index in [1.54, 1.807) is 4.90 Å². The van der Waals surface area contributed by atoms with Crippen LogP contribution in [0.4, 0.5) is 5.69 Å². The van der Waals surface area contributed by atoms with Crippen molar-refractivity contribution in [3.8, 4) is 0 Å². The van der Waals surface area contributed by atoms with Gasteiger partial charge in [-0.05, 0) is 30.2 Å². The Labute approximate surface area is 156 Å². The zero-order chi connectivity index (χ0) is 19.2. The van der Waals surface area contributed by atoms with Crippen LogP contribution in [0.25, 0.3) is 0 Å². The predicted octanol–water partition coefficient (Wildman–Crippen LogP) is 2.15. The van der Waals surface area contributed by atoms with Gasteiger partial charge >= 0.3 is 0 Å². The van der Waals surface area contributed by atoms with Crippen molar-refractivity contribution >= 4 is 40.3 Å². The molecule has 7 nitrogen and oxygen atoms in total. The molecule has 0 radical (unpaired) electrons. The molecule has 1 N–H and O–H groups in total. The number of thioether (sulfide) groups is 1. The molecule has 1 aromatic carbocycles. The summed E-state index contributed by atoms with van der Waals surface area (Å²) < 4.78 is 0. The van der Waals surface area contributed by atoms with E-state index in [0.29, 0.717) is 6.54 Å². The lowest BCUT2D eigenvalue weighted by Crippen LogP contribution is -2.49. The Morgan fingerprint density at radius 3 is 2.58 bits per heavy atom. The molecule has 1 atom stereocenters. The van der Waals surface area contributed by atoms with Gasteiger partial charge in [0, 0.05) is 26.0 Å². The Hall–Kier alpha value is -2.35. The van der Waals surface area contributed by atoms with Gasteiger partial charge in [-0.2, -0.15) is 5.01 Å². The summed E-state index contributed by atoms with van der Waals surface area (Å²) in [5, 5.41) is 8.30. The lowest BCUT2D eigenvalue weighted by Gasteiger charge is -2.29. The smallest absolute Gasteiger partial charge is 0.270 e. The van der Waals surface area contributed by atoms with Gasteiger partial charge in [0.15, 0.2) is 5.17 Å². The van der Waals surface area contributed by atoms with Crippen LogP contribution in [0.15, 0.2) is 23.3 Å². The van der Waals surface area contributed by atoms with Crippen molar-refractivity contribution in [1.29, 1.82) is 0 Å². The Kier molecular flexibility index (Phi) is 4.56. The number of aryl methyl sites for hydroxylation is 1. The van der Waals surface area contributed by atoms with Crippen molar-refractivity contribution in [2.24, 2.45) is 11.0 Å². The molecule has 0 fully saturated rings. The normalized spacial score (nSPS) is 21.5. The van der Waals surface area contributed by atoms with Crippen molar-refractivity contribution in [1.82, 2.24) is 10.3 Å². The Morgan fingerprint density at radius 2 is 2.00 bits per heavy atom. The molecule has 8 heteroatoms. The second-order valence-electron chi connectivity index (χ2n) is 6.94. The van der Waals surface area contributed by atoms with Crippen LogP contribution in [0.5, 0.6) is 0 Å². The number of benzene rings is 1. The van der Waals surface area contributed by atoms with Crippen LogP contribution >= 0.6 is 11.8 Å². The molecule has 1 spiro atoms. The first-order valence-corrected chi connectivity index (χ1v) is 9.28. The Bertz CT molecular complexity index is 836. The quantitative estimate of drug-likeness (QED) is 0.860. The standard InChI is InChI=1S/C18H22N4O3S/c1-10(2)9-21-15-11(3)7-6-8-14(15)18(16(21)25)22(13(5)24)20-17(26-18)19-12(4)23/h6-8,10H,9H2,1-5H3,(H,19,20,23)/t18-/m1/s1. The van der Waals surface area contributed by atoms with Gasteiger partial charge in [0.25, 0.3) is 5.91 Å². The minimum Gasteiger partial charge on any atom is -0.308 e. The monoisotopic (exact) mass is 374 g/mol. The molecule has 138 valence electrons. The first kappa shape index (κ1) is 18.4. The molecule has 3 amide bonds. The molecule has 2 aliphatic rings. The van der Waals surface area contributed by atoms with Crippen LogP contribution in [0.3, 0.4) is 0 Å². The van der Waals surface area contributed by atoms with Crippen molar-refractivity contribution in [3.05, 3.63) is 29.3 Å². The largest absolute Gasteiger partial charge is 0.308 e.